The second-order valence-corrected chi connectivity index (χ2v) is 8.67. The van der Waals surface area contributed by atoms with Crippen LogP contribution in [0.25, 0.3) is 11.0 Å². The molecule has 11 nitrogen and oxygen atoms in total. The number of carbonyl (C=O) groups excluding carboxylic acids is 1. The Labute approximate surface area is 191 Å². The van der Waals surface area contributed by atoms with E-state index in [9.17, 15) is 4.79 Å². The van der Waals surface area contributed by atoms with E-state index >= 15 is 0 Å². The Balaban J connectivity index is 1.51. The smallest absolute Gasteiger partial charge is 0.410 e. The van der Waals surface area contributed by atoms with Crippen LogP contribution in [-0.2, 0) is 4.74 Å². The largest absolute Gasteiger partial charge is 0.481 e. The van der Waals surface area contributed by atoms with Crippen LogP contribution in [-0.4, -0.2) is 68.6 Å². The van der Waals surface area contributed by atoms with Crippen molar-refractivity contribution in [2.24, 2.45) is 0 Å². The summed E-state index contributed by atoms with van der Waals surface area (Å²) in [7, 11) is 3.04. The zero-order chi connectivity index (χ0) is 23.6. The minimum Gasteiger partial charge on any atom is -0.481 e. The lowest BCUT2D eigenvalue weighted by Gasteiger charge is -2.33. The van der Waals surface area contributed by atoms with Crippen molar-refractivity contribution in [1.82, 2.24) is 29.6 Å². The van der Waals surface area contributed by atoms with Gasteiger partial charge < -0.3 is 23.8 Å². The molecule has 1 saturated heterocycles. The highest BCUT2D eigenvalue weighted by molar-refractivity contribution is 5.80. The number of ether oxygens (including phenoxy) is 4. The number of aromatic nitrogens is 5. The van der Waals surface area contributed by atoms with Gasteiger partial charge in [0, 0.05) is 19.2 Å². The molecule has 0 radical (unpaired) electrons. The highest BCUT2D eigenvalue weighted by Gasteiger charge is 2.29. The molecule has 176 valence electrons. The van der Waals surface area contributed by atoms with Gasteiger partial charge in [-0.05, 0) is 39.7 Å². The summed E-state index contributed by atoms with van der Waals surface area (Å²) >= 11 is 0. The van der Waals surface area contributed by atoms with Gasteiger partial charge in [-0.25, -0.2) is 19.4 Å². The first-order chi connectivity index (χ1) is 15.8. The number of nitrogens with zero attached hydrogens (tertiary/aromatic N) is 6. The van der Waals surface area contributed by atoms with Gasteiger partial charge in [-0.1, -0.05) is 0 Å². The number of piperidine rings is 1. The summed E-state index contributed by atoms with van der Waals surface area (Å²) in [5.74, 6) is 1.44. The monoisotopic (exact) mass is 456 g/mol. The third-order valence-corrected chi connectivity index (χ3v) is 5.23. The molecule has 4 rings (SSSR count). The van der Waals surface area contributed by atoms with Gasteiger partial charge in [0.15, 0.2) is 11.4 Å². The van der Waals surface area contributed by atoms with Crippen LogP contribution in [0.4, 0.5) is 4.79 Å². The van der Waals surface area contributed by atoms with Gasteiger partial charge >= 0.3 is 6.09 Å². The number of fused-ring (bicyclic) bond motifs is 1. The fraction of sp³-hybridized carbons (Fsp3) is 0.500. The number of carbonyl (C=O) groups is 1. The minimum absolute atomic E-state index is 0.0983. The zero-order valence-electron chi connectivity index (χ0n) is 19.4. The fourth-order valence-electron chi connectivity index (χ4n) is 3.66. The molecule has 0 saturated carbocycles. The average Bonchev–Trinajstić information content (AvgIpc) is 3.23. The van der Waals surface area contributed by atoms with Gasteiger partial charge in [0.05, 0.1) is 26.5 Å². The van der Waals surface area contributed by atoms with E-state index in [1.54, 1.807) is 23.2 Å². The SMILES string of the molecule is COc1ccc(Oc2ncnc3c2cnn3C2CCN(C(=O)OC(C)(C)C)CC2)c(OC)n1. The number of amides is 1. The summed E-state index contributed by atoms with van der Waals surface area (Å²) in [4.78, 5) is 27.0. The van der Waals surface area contributed by atoms with Gasteiger partial charge in [0.1, 0.15) is 17.3 Å². The van der Waals surface area contributed by atoms with Gasteiger partial charge in [-0.15, -0.1) is 0 Å². The van der Waals surface area contributed by atoms with Crippen LogP contribution in [0.15, 0.2) is 24.7 Å². The fourth-order valence-corrected chi connectivity index (χ4v) is 3.66. The molecular weight excluding hydrogens is 428 g/mol. The zero-order valence-corrected chi connectivity index (χ0v) is 19.4. The Kier molecular flexibility index (Phi) is 6.21. The second kappa shape index (κ2) is 9.08. The quantitative estimate of drug-likeness (QED) is 0.568. The molecule has 1 fully saturated rings. The first-order valence-corrected chi connectivity index (χ1v) is 10.7. The van der Waals surface area contributed by atoms with Gasteiger partial charge in [-0.3, -0.25) is 0 Å². The minimum atomic E-state index is -0.512. The highest BCUT2D eigenvalue weighted by atomic mass is 16.6. The molecule has 4 heterocycles. The Bertz CT molecular complexity index is 1130. The second-order valence-electron chi connectivity index (χ2n) is 8.67. The first-order valence-electron chi connectivity index (χ1n) is 10.7. The lowest BCUT2D eigenvalue weighted by Crippen LogP contribution is -2.42. The predicted molar refractivity (Wildman–Crippen MR) is 119 cm³/mol. The summed E-state index contributed by atoms with van der Waals surface area (Å²) in [6, 6.07) is 3.48. The molecule has 0 atom stereocenters. The summed E-state index contributed by atoms with van der Waals surface area (Å²) in [5, 5.41) is 5.22. The van der Waals surface area contributed by atoms with Gasteiger partial charge in [0.2, 0.25) is 11.8 Å². The van der Waals surface area contributed by atoms with E-state index in [1.807, 2.05) is 25.5 Å². The average molecular weight is 457 g/mol. The van der Waals surface area contributed by atoms with Crippen molar-refractivity contribution >= 4 is 17.1 Å². The van der Waals surface area contributed by atoms with Crippen molar-refractivity contribution < 1.29 is 23.7 Å². The third kappa shape index (κ3) is 4.91. The maximum atomic E-state index is 12.4. The van der Waals surface area contributed by atoms with E-state index in [2.05, 4.69) is 20.1 Å². The van der Waals surface area contributed by atoms with E-state index in [0.29, 0.717) is 41.6 Å². The normalized spacial score (nSPS) is 14.9. The molecule has 1 aliphatic rings. The molecule has 3 aromatic rings. The van der Waals surface area contributed by atoms with E-state index in [0.717, 1.165) is 12.8 Å². The van der Waals surface area contributed by atoms with Crippen LogP contribution in [0, 0.1) is 0 Å². The molecule has 0 N–H and O–H groups in total. The van der Waals surface area contributed by atoms with Crippen molar-refractivity contribution in [2.75, 3.05) is 27.3 Å². The molecule has 0 unspecified atom stereocenters. The van der Waals surface area contributed by atoms with Gasteiger partial charge in [0.25, 0.3) is 5.88 Å². The van der Waals surface area contributed by atoms with Crippen molar-refractivity contribution in [3.63, 3.8) is 0 Å². The highest BCUT2D eigenvalue weighted by Crippen LogP contribution is 2.34. The lowest BCUT2D eigenvalue weighted by atomic mass is 10.1. The molecule has 1 aliphatic heterocycles. The molecule has 1 amide bonds. The van der Waals surface area contributed by atoms with E-state index < -0.39 is 5.60 Å². The maximum absolute atomic E-state index is 12.4. The molecule has 3 aromatic heterocycles. The van der Waals surface area contributed by atoms with Crippen molar-refractivity contribution in [3.8, 4) is 23.4 Å². The summed E-state index contributed by atoms with van der Waals surface area (Å²) < 4.78 is 23.8. The molecular formula is C22H28N6O5. The Morgan fingerprint density at radius 1 is 1.06 bits per heavy atom. The van der Waals surface area contributed by atoms with Crippen LogP contribution in [0.1, 0.15) is 39.7 Å². The van der Waals surface area contributed by atoms with Crippen LogP contribution in [0.2, 0.25) is 0 Å². The standard InChI is InChI=1S/C22H28N6O5/c1-22(2,3)33-21(29)27-10-8-14(9-11-27)28-18-15(12-25-28)19(24-13-23-18)32-16-6-7-17(30-4)26-20(16)31-5/h6-7,12-14H,8-11H2,1-5H3. The number of rotatable bonds is 5. The van der Waals surface area contributed by atoms with E-state index in [4.69, 9.17) is 18.9 Å². The topological polar surface area (TPSA) is 114 Å². The Morgan fingerprint density at radius 2 is 1.82 bits per heavy atom. The molecule has 0 aromatic carbocycles. The Hall–Kier alpha value is -3.63. The summed E-state index contributed by atoms with van der Waals surface area (Å²) in [5.41, 5.74) is 0.151. The molecule has 0 spiro atoms. The maximum Gasteiger partial charge on any atom is 0.410 e. The molecule has 0 aliphatic carbocycles. The molecule has 0 bridgehead atoms. The number of hydrogen-bond donors (Lipinski definition) is 0. The third-order valence-electron chi connectivity index (χ3n) is 5.23. The number of pyridine rings is 1. The van der Waals surface area contributed by atoms with Crippen molar-refractivity contribution in [2.45, 2.75) is 45.3 Å². The van der Waals surface area contributed by atoms with Crippen molar-refractivity contribution in [1.29, 1.82) is 0 Å². The van der Waals surface area contributed by atoms with Crippen LogP contribution in [0.5, 0.6) is 23.4 Å². The van der Waals surface area contributed by atoms with E-state index in [-0.39, 0.29) is 18.0 Å². The van der Waals surface area contributed by atoms with Crippen LogP contribution in [0.3, 0.4) is 0 Å². The molecule has 11 heteroatoms. The van der Waals surface area contributed by atoms with Gasteiger partial charge in [-0.2, -0.15) is 10.1 Å². The summed E-state index contributed by atoms with van der Waals surface area (Å²) in [6.07, 6.45) is 4.33. The van der Waals surface area contributed by atoms with E-state index in [1.165, 1.54) is 20.5 Å². The van der Waals surface area contributed by atoms with Crippen LogP contribution >= 0.6 is 0 Å². The lowest BCUT2D eigenvalue weighted by molar-refractivity contribution is 0.0186. The van der Waals surface area contributed by atoms with Crippen molar-refractivity contribution in [3.05, 3.63) is 24.7 Å². The Morgan fingerprint density at radius 3 is 2.48 bits per heavy atom. The summed E-state index contributed by atoms with van der Waals surface area (Å²) in [6.45, 7) is 6.77. The molecule has 33 heavy (non-hydrogen) atoms. The predicted octanol–water partition coefficient (Wildman–Crippen LogP) is 3.60. The first kappa shape index (κ1) is 22.6. The number of hydrogen-bond acceptors (Lipinski definition) is 9. The number of likely N-dealkylation sites (tertiary alicyclic amines) is 1. The van der Waals surface area contributed by atoms with Crippen LogP contribution < -0.4 is 14.2 Å². The number of methoxy groups -OCH3 is 2.